The number of alkyl halides is 3. The van der Waals surface area contributed by atoms with E-state index in [0.29, 0.717) is 42.7 Å². The third-order valence-corrected chi connectivity index (χ3v) is 4.76. The van der Waals surface area contributed by atoms with Crippen LogP contribution in [0.15, 0.2) is 43.1 Å². The molecule has 1 atom stereocenters. The average molecular weight is 446 g/mol. The number of rotatable bonds is 2. The van der Waals surface area contributed by atoms with Crippen LogP contribution in [0.25, 0.3) is 17.2 Å². The molecule has 1 aliphatic rings. The molecule has 0 aliphatic carbocycles. The maximum atomic E-state index is 13.0. The zero-order valence-electron chi connectivity index (χ0n) is 17.4. The number of morpholine rings is 1. The number of anilines is 1. The van der Waals surface area contributed by atoms with Gasteiger partial charge in [0, 0.05) is 37.4 Å². The van der Waals surface area contributed by atoms with Crippen LogP contribution in [0.5, 0.6) is 0 Å². The number of nitrogens with one attached hydrogen (secondary N) is 1. The smallest absolute Gasteiger partial charge is 0.375 e. The normalized spacial score (nSPS) is 16.7. The minimum absolute atomic E-state index is 0.0818. The van der Waals surface area contributed by atoms with Crippen LogP contribution in [0.3, 0.4) is 0 Å². The summed E-state index contributed by atoms with van der Waals surface area (Å²) in [7, 11) is 0. The highest BCUT2D eigenvalue weighted by atomic mass is 19.4. The Morgan fingerprint density at radius 1 is 1.12 bits per heavy atom. The van der Waals surface area contributed by atoms with Gasteiger partial charge >= 0.3 is 6.18 Å². The quantitative estimate of drug-likeness (QED) is 0.505. The number of nitrogens with zero attached hydrogens (tertiary/aromatic N) is 7. The first kappa shape index (κ1) is 21.7. The van der Waals surface area contributed by atoms with Gasteiger partial charge in [-0.15, -0.1) is 0 Å². The summed E-state index contributed by atoms with van der Waals surface area (Å²) >= 11 is 0. The topological polar surface area (TPSA) is 97.1 Å². The number of aromatic amines is 1. The van der Waals surface area contributed by atoms with Crippen molar-refractivity contribution in [2.24, 2.45) is 0 Å². The molecule has 5 rings (SSSR count). The van der Waals surface area contributed by atoms with E-state index in [2.05, 4.69) is 35.0 Å². The van der Waals surface area contributed by atoms with Crippen molar-refractivity contribution in [3.8, 4) is 11.5 Å². The largest absolute Gasteiger partial charge is 0.434 e. The zero-order valence-corrected chi connectivity index (χ0v) is 17.4. The van der Waals surface area contributed by atoms with Crippen LogP contribution in [0.1, 0.15) is 18.3 Å². The highest BCUT2D eigenvalue weighted by Crippen LogP contribution is 2.28. The molecular weight excluding hydrogens is 425 g/mol. The fourth-order valence-electron chi connectivity index (χ4n) is 3.20. The van der Waals surface area contributed by atoms with Crippen molar-refractivity contribution in [3.05, 3.63) is 54.5 Å². The molecule has 0 aromatic carbocycles. The Labute approximate surface area is 181 Å². The SMILES string of the molecule is CC1CN(c2ccnc(-c3cnc4cnc(C(F)(F)F)cn34)n2)CCO1.Cc1ccn[nH]1. The van der Waals surface area contributed by atoms with Crippen molar-refractivity contribution < 1.29 is 17.9 Å². The summed E-state index contributed by atoms with van der Waals surface area (Å²) in [5, 5.41) is 6.45. The predicted octanol–water partition coefficient (Wildman–Crippen LogP) is 3.15. The van der Waals surface area contributed by atoms with Crippen LogP contribution < -0.4 is 4.90 Å². The third kappa shape index (κ3) is 4.85. The lowest BCUT2D eigenvalue weighted by Gasteiger charge is -2.32. The number of ether oxygens (including phenoxy) is 1. The molecule has 4 aromatic heterocycles. The number of imidazole rings is 1. The van der Waals surface area contributed by atoms with Gasteiger partial charge in [-0.25, -0.2) is 19.9 Å². The van der Waals surface area contributed by atoms with Crippen molar-refractivity contribution in [2.75, 3.05) is 24.6 Å². The monoisotopic (exact) mass is 446 g/mol. The van der Waals surface area contributed by atoms with E-state index in [1.165, 1.54) is 10.6 Å². The molecule has 1 aliphatic heterocycles. The minimum atomic E-state index is -4.54. The van der Waals surface area contributed by atoms with Crippen LogP contribution in [0.2, 0.25) is 0 Å². The predicted molar refractivity (Wildman–Crippen MR) is 110 cm³/mol. The molecular formula is C20H21F3N8O. The fourth-order valence-corrected chi connectivity index (χ4v) is 3.20. The van der Waals surface area contributed by atoms with E-state index < -0.39 is 11.9 Å². The maximum absolute atomic E-state index is 13.0. The number of H-pyrrole nitrogens is 1. The average Bonchev–Trinajstić information content (AvgIpc) is 3.42. The molecule has 32 heavy (non-hydrogen) atoms. The number of hydrogen-bond acceptors (Lipinski definition) is 7. The second-order valence-electron chi connectivity index (χ2n) is 7.25. The summed E-state index contributed by atoms with van der Waals surface area (Å²) in [6.45, 7) is 5.91. The molecule has 12 heteroatoms. The molecule has 0 bridgehead atoms. The van der Waals surface area contributed by atoms with Gasteiger partial charge in [0.25, 0.3) is 0 Å². The third-order valence-electron chi connectivity index (χ3n) is 4.76. The van der Waals surface area contributed by atoms with E-state index in [4.69, 9.17) is 4.74 Å². The van der Waals surface area contributed by atoms with Crippen LogP contribution in [-0.2, 0) is 10.9 Å². The molecule has 0 saturated carbocycles. The Hall–Kier alpha value is -3.54. The van der Waals surface area contributed by atoms with Crippen molar-refractivity contribution in [1.82, 2.24) is 34.5 Å². The van der Waals surface area contributed by atoms with Gasteiger partial charge in [0.1, 0.15) is 11.5 Å². The minimum Gasteiger partial charge on any atom is -0.375 e. The summed E-state index contributed by atoms with van der Waals surface area (Å²) < 4.78 is 45.7. The lowest BCUT2D eigenvalue weighted by Crippen LogP contribution is -2.41. The van der Waals surface area contributed by atoms with Gasteiger partial charge in [-0.3, -0.25) is 9.50 Å². The van der Waals surface area contributed by atoms with E-state index in [-0.39, 0.29) is 6.10 Å². The molecule has 1 fully saturated rings. The van der Waals surface area contributed by atoms with Crippen LogP contribution in [0.4, 0.5) is 19.0 Å². The number of hydrogen-bond donors (Lipinski definition) is 1. The Morgan fingerprint density at radius 3 is 2.62 bits per heavy atom. The Morgan fingerprint density at radius 2 is 1.97 bits per heavy atom. The van der Waals surface area contributed by atoms with Gasteiger partial charge in [-0.2, -0.15) is 18.3 Å². The van der Waals surface area contributed by atoms with Crippen molar-refractivity contribution in [1.29, 1.82) is 0 Å². The molecule has 0 spiro atoms. The van der Waals surface area contributed by atoms with Gasteiger partial charge in [-0.05, 0) is 26.0 Å². The van der Waals surface area contributed by atoms with E-state index >= 15 is 0 Å². The summed E-state index contributed by atoms with van der Waals surface area (Å²) in [4.78, 5) is 18.3. The van der Waals surface area contributed by atoms with Gasteiger partial charge in [0.05, 0.1) is 25.1 Å². The standard InChI is InChI=1S/C16H15F3N6O.C4H6N2/c1-10-8-24(4-5-26-10)13-2-3-20-15(23-13)11-6-22-14-7-21-12(9-25(11)14)16(17,18)19;1-4-2-3-5-6-4/h2-3,6-7,9-10H,4-5,8H2,1H3;2-3H,1H3,(H,5,6). The molecule has 4 aromatic rings. The van der Waals surface area contributed by atoms with Crippen molar-refractivity contribution in [2.45, 2.75) is 26.1 Å². The van der Waals surface area contributed by atoms with Crippen LogP contribution in [0, 0.1) is 6.92 Å². The molecule has 0 amide bonds. The summed E-state index contributed by atoms with van der Waals surface area (Å²) in [6, 6.07) is 3.69. The fraction of sp³-hybridized carbons (Fsp3) is 0.350. The molecule has 1 unspecified atom stereocenters. The maximum Gasteiger partial charge on any atom is 0.434 e. The second kappa shape index (κ2) is 8.91. The van der Waals surface area contributed by atoms with Gasteiger partial charge in [0.2, 0.25) is 0 Å². The zero-order chi connectivity index (χ0) is 22.7. The number of aromatic nitrogens is 7. The van der Waals surface area contributed by atoms with Crippen LogP contribution in [-0.4, -0.2) is 60.3 Å². The van der Waals surface area contributed by atoms with Gasteiger partial charge < -0.3 is 9.64 Å². The van der Waals surface area contributed by atoms with Gasteiger partial charge in [0.15, 0.2) is 17.2 Å². The first-order valence-corrected chi connectivity index (χ1v) is 9.87. The van der Waals surface area contributed by atoms with Crippen molar-refractivity contribution in [3.63, 3.8) is 0 Å². The summed E-state index contributed by atoms with van der Waals surface area (Å²) in [5.41, 5.74) is 0.774. The van der Waals surface area contributed by atoms with Crippen LogP contribution >= 0.6 is 0 Å². The molecule has 9 nitrogen and oxygen atoms in total. The first-order valence-electron chi connectivity index (χ1n) is 9.87. The first-order chi connectivity index (χ1) is 15.3. The summed E-state index contributed by atoms with van der Waals surface area (Å²) in [5.74, 6) is 0.999. The molecule has 1 saturated heterocycles. The van der Waals surface area contributed by atoms with Gasteiger partial charge in [-0.1, -0.05) is 0 Å². The van der Waals surface area contributed by atoms with E-state index in [1.54, 1.807) is 18.5 Å². The summed E-state index contributed by atoms with van der Waals surface area (Å²) in [6.07, 6.45) is 2.29. The number of fused-ring (bicyclic) bond motifs is 1. The van der Waals surface area contributed by atoms with E-state index in [9.17, 15) is 13.2 Å². The van der Waals surface area contributed by atoms with Crippen molar-refractivity contribution >= 4 is 11.5 Å². The molecule has 5 heterocycles. The van der Waals surface area contributed by atoms with E-state index in [1.807, 2.05) is 19.9 Å². The Kier molecular flexibility index (Phi) is 6.04. The second-order valence-corrected chi connectivity index (χ2v) is 7.25. The van der Waals surface area contributed by atoms with E-state index in [0.717, 1.165) is 18.1 Å². The highest BCUT2D eigenvalue weighted by molar-refractivity contribution is 5.58. The molecule has 0 radical (unpaired) electrons. The molecule has 168 valence electrons. The number of aryl methyl sites for hydroxylation is 1. The molecule has 1 N–H and O–H groups in total. The lowest BCUT2D eigenvalue weighted by molar-refractivity contribution is -0.141. The Balaban J connectivity index is 0.000000354. The Bertz CT molecular complexity index is 1180. The number of halogens is 3. The lowest BCUT2D eigenvalue weighted by atomic mass is 10.3. The highest BCUT2D eigenvalue weighted by Gasteiger charge is 2.33.